The van der Waals surface area contributed by atoms with Gasteiger partial charge >= 0.3 is 0 Å². The fourth-order valence-electron chi connectivity index (χ4n) is 4.11. The molecule has 1 N–H and O–H groups in total. The van der Waals surface area contributed by atoms with E-state index in [4.69, 9.17) is 0 Å². The maximum absolute atomic E-state index is 12.8. The molecular weight excluding hydrogens is 338 g/mol. The van der Waals surface area contributed by atoms with Crippen molar-refractivity contribution in [1.29, 1.82) is 0 Å². The van der Waals surface area contributed by atoms with Crippen molar-refractivity contribution >= 4 is 11.8 Å². The summed E-state index contributed by atoms with van der Waals surface area (Å²) in [5.74, 6) is 0.210. The van der Waals surface area contributed by atoms with E-state index < -0.39 is 0 Å². The van der Waals surface area contributed by atoms with E-state index in [9.17, 15) is 9.59 Å². The van der Waals surface area contributed by atoms with Crippen LogP contribution in [0.1, 0.15) is 39.9 Å². The number of carbonyl (C=O) groups excluding carboxylic acids is 2. The third kappa shape index (κ3) is 3.46. The van der Waals surface area contributed by atoms with Gasteiger partial charge in [0, 0.05) is 48.9 Å². The Morgan fingerprint density at radius 1 is 1.19 bits per heavy atom. The first-order valence-electron chi connectivity index (χ1n) is 9.52. The molecule has 1 aromatic carbocycles. The fraction of sp³-hybridized carbons (Fsp3) is 0.409. The van der Waals surface area contributed by atoms with Gasteiger partial charge in [0.1, 0.15) is 0 Å². The molecule has 140 valence electrons. The van der Waals surface area contributed by atoms with Crippen molar-refractivity contribution in [1.82, 2.24) is 15.2 Å². The van der Waals surface area contributed by atoms with Crippen molar-refractivity contribution in [3.8, 4) is 0 Å². The summed E-state index contributed by atoms with van der Waals surface area (Å²) < 4.78 is 0. The third-order valence-corrected chi connectivity index (χ3v) is 6.15. The molecule has 1 aromatic heterocycles. The summed E-state index contributed by atoms with van der Waals surface area (Å²) in [4.78, 5) is 31.3. The molecule has 0 unspecified atom stereocenters. The molecule has 2 fully saturated rings. The highest BCUT2D eigenvalue weighted by atomic mass is 16.2. The molecule has 0 radical (unpaired) electrons. The number of nitrogens with zero attached hydrogens (tertiary/aromatic N) is 2. The van der Waals surface area contributed by atoms with Crippen LogP contribution in [-0.2, 0) is 11.3 Å². The Balaban J connectivity index is 1.35. The van der Waals surface area contributed by atoms with Crippen LogP contribution in [-0.4, -0.2) is 34.8 Å². The second kappa shape index (κ2) is 6.80. The van der Waals surface area contributed by atoms with Gasteiger partial charge in [-0.25, -0.2) is 0 Å². The van der Waals surface area contributed by atoms with Crippen molar-refractivity contribution in [2.75, 3.05) is 13.1 Å². The van der Waals surface area contributed by atoms with Gasteiger partial charge in [0.25, 0.3) is 5.91 Å². The maximum atomic E-state index is 12.8. The number of rotatable bonds is 4. The highest BCUT2D eigenvalue weighted by Gasteiger charge is 2.61. The third-order valence-electron chi connectivity index (χ3n) is 6.15. The Labute approximate surface area is 159 Å². The summed E-state index contributed by atoms with van der Waals surface area (Å²) in [5, 5.41) is 3.03. The number of aryl methyl sites for hydroxylation is 2. The average molecular weight is 363 g/mol. The van der Waals surface area contributed by atoms with Crippen LogP contribution in [0.4, 0.5) is 0 Å². The molecule has 1 spiro atoms. The molecule has 4 rings (SSSR count). The highest BCUT2D eigenvalue weighted by molar-refractivity contribution is 5.95. The number of nitrogens with one attached hydrogen (secondary N) is 1. The van der Waals surface area contributed by atoms with Crippen LogP contribution in [0.3, 0.4) is 0 Å². The SMILES string of the molecule is Cc1ccc(C(=O)N2CC[C@]3(C[C@H]3C(=O)NCc3ccncc3)C2)cc1C. The van der Waals surface area contributed by atoms with E-state index in [0.29, 0.717) is 13.1 Å². The second-order valence-electron chi connectivity index (χ2n) is 7.97. The van der Waals surface area contributed by atoms with E-state index in [0.717, 1.165) is 36.1 Å². The van der Waals surface area contributed by atoms with Gasteiger partial charge in [-0.3, -0.25) is 14.6 Å². The smallest absolute Gasteiger partial charge is 0.253 e. The quantitative estimate of drug-likeness (QED) is 0.909. The van der Waals surface area contributed by atoms with Crippen molar-refractivity contribution in [3.63, 3.8) is 0 Å². The van der Waals surface area contributed by atoms with Crippen molar-refractivity contribution < 1.29 is 9.59 Å². The lowest BCUT2D eigenvalue weighted by Gasteiger charge is -2.17. The van der Waals surface area contributed by atoms with Gasteiger partial charge in [-0.2, -0.15) is 0 Å². The molecule has 2 aromatic rings. The van der Waals surface area contributed by atoms with Crippen LogP contribution in [0.15, 0.2) is 42.7 Å². The van der Waals surface area contributed by atoms with E-state index in [1.807, 2.05) is 49.1 Å². The van der Waals surface area contributed by atoms with E-state index in [1.165, 1.54) is 5.56 Å². The Hall–Kier alpha value is -2.69. The van der Waals surface area contributed by atoms with Gasteiger partial charge in [-0.1, -0.05) is 6.07 Å². The van der Waals surface area contributed by atoms with Gasteiger partial charge in [0.15, 0.2) is 0 Å². The average Bonchev–Trinajstić information content (AvgIpc) is 3.22. The molecule has 2 heterocycles. The summed E-state index contributed by atoms with van der Waals surface area (Å²) in [7, 11) is 0. The lowest BCUT2D eigenvalue weighted by Crippen LogP contribution is -2.31. The molecule has 1 saturated carbocycles. The minimum absolute atomic E-state index is 0.0161. The van der Waals surface area contributed by atoms with E-state index in [1.54, 1.807) is 12.4 Å². The lowest BCUT2D eigenvalue weighted by atomic mass is 10.0. The number of amides is 2. The topological polar surface area (TPSA) is 62.3 Å². The van der Waals surface area contributed by atoms with Crippen LogP contribution in [0.5, 0.6) is 0 Å². The zero-order valence-electron chi connectivity index (χ0n) is 15.9. The first kappa shape index (κ1) is 17.7. The summed E-state index contributed by atoms with van der Waals surface area (Å²) in [6.45, 7) is 6.03. The minimum Gasteiger partial charge on any atom is -0.352 e. The Kier molecular flexibility index (Phi) is 4.46. The standard InChI is InChI=1S/C22H25N3O2/c1-15-3-4-18(11-16(15)2)21(27)25-10-7-22(14-25)12-19(22)20(26)24-13-17-5-8-23-9-6-17/h3-6,8-9,11,19H,7,10,12-14H2,1-2H3,(H,24,26)/t19-,22-/m0/s1. The summed E-state index contributed by atoms with van der Waals surface area (Å²) in [6.07, 6.45) is 5.25. The molecule has 27 heavy (non-hydrogen) atoms. The number of hydrogen-bond donors (Lipinski definition) is 1. The largest absolute Gasteiger partial charge is 0.352 e. The molecule has 1 saturated heterocycles. The number of likely N-dealkylation sites (tertiary alicyclic amines) is 1. The molecule has 1 aliphatic heterocycles. The van der Waals surface area contributed by atoms with Crippen molar-refractivity contribution in [3.05, 3.63) is 65.0 Å². The summed E-state index contributed by atoms with van der Waals surface area (Å²) >= 11 is 0. The number of carbonyl (C=O) groups is 2. The molecule has 2 amide bonds. The Morgan fingerprint density at radius 2 is 1.96 bits per heavy atom. The van der Waals surface area contributed by atoms with Crippen LogP contribution in [0, 0.1) is 25.2 Å². The molecule has 1 aliphatic carbocycles. The predicted molar refractivity (Wildman–Crippen MR) is 103 cm³/mol. The van der Waals surface area contributed by atoms with E-state index in [2.05, 4.69) is 10.3 Å². The van der Waals surface area contributed by atoms with Gasteiger partial charge in [-0.05, 0) is 67.6 Å². The lowest BCUT2D eigenvalue weighted by molar-refractivity contribution is -0.123. The number of pyridine rings is 1. The van der Waals surface area contributed by atoms with E-state index >= 15 is 0 Å². The summed E-state index contributed by atoms with van der Waals surface area (Å²) in [5.41, 5.74) is 4.10. The minimum atomic E-state index is -0.0161. The molecule has 2 atom stereocenters. The molecular formula is C22H25N3O2. The fourth-order valence-corrected chi connectivity index (χ4v) is 4.11. The monoisotopic (exact) mass is 363 g/mol. The number of aromatic nitrogens is 1. The van der Waals surface area contributed by atoms with E-state index in [-0.39, 0.29) is 23.1 Å². The van der Waals surface area contributed by atoms with Gasteiger partial charge in [0.2, 0.25) is 5.91 Å². The first-order chi connectivity index (χ1) is 13.0. The van der Waals surface area contributed by atoms with Crippen LogP contribution in [0.2, 0.25) is 0 Å². The molecule has 5 nitrogen and oxygen atoms in total. The normalized spacial score (nSPS) is 23.5. The molecule has 5 heteroatoms. The van der Waals surface area contributed by atoms with Crippen LogP contribution in [0.25, 0.3) is 0 Å². The Bertz CT molecular complexity index is 880. The molecule has 0 bridgehead atoms. The first-order valence-corrected chi connectivity index (χ1v) is 9.52. The predicted octanol–water partition coefficient (Wildman–Crippen LogP) is 2.87. The van der Waals surface area contributed by atoms with Gasteiger partial charge in [0.05, 0.1) is 0 Å². The van der Waals surface area contributed by atoms with Gasteiger partial charge in [-0.15, -0.1) is 0 Å². The van der Waals surface area contributed by atoms with Gasteiger partial charge < -0.3 is 10.2 Å². The highest BCUT2D eigenvalue weighted by Crippen LogP contribution is 2.58. The number of hydrogen-bond acceptors (Lipinski definition) is 3. The van der Waals surface area contributed by atoms with Crippen molar-refractivity contribution in [2.24, 2.45) is 11.3 Å². The zero-order chi connectivity index (χ0) is 19.0. The Morgan fingerprint density at radius 3 is 2.70 bits per heavy atom. The summed E-state index contributed by atoms with van der Waals surface area (Å²) in [6, 6.07) is 9.68. The van der Waals surface area contributed by atoms with Crippen molar-refractivity contribution in [2.45, 2.75) is 33.2 Å². The molecule has 2 aliphatic rings. The number of benzene rings is 1. The van der Waals surface area contributed by atoms with Crippen LogP contribution < -0.4 is 5.32 Å². The maximum Gasteiger partial charge on any atom is 0.253 e. The zero-order valence-corrected chi connectivity index (χ0v) is 15.9. The second-order valence-corrected chi connectivity index (χ2v) is 7.97. The van der Waals surface area contributed by atoms with Crippen LogP contribution >= 0.6 is 0 Å².